The lowest BCUT2D eigenvalue weighted by atomic mass is 10.0. The van der Waals surface area contributed by atoms with E-state index >= 15 is 0 Å². The van der Waals surface area contributed by atoms with Gasteiger partial charge >= 0.3 is 0 Å². The summed E-state index contributed by atoms with van der Waals surface area (Å²) in [6, 6.07) is 5.03. The molecule has 0 spiro atoms. The summed E-state index contributed by atoms with van der Waals surface area (Å²) in [7, 11) is 1.44. The van der Waals surface area contributed by atoms with Crippen LogP contribution >= 0.6 is 0 Å². The van der Waals surface area contributed by atoms with Gasteiger partial charge in [0.15, 0.2) is 17.4 Å². The number of nitrogens with zero attached hydrogens (tertiary/aromatic N) is 3. The summed E-state index contributed by atoms with van der Waals surface area (Å²) >= 11 is 0. The molecular formula is C19H16FN5O2. The first kappa shape index (κ1) is 15.8. The number of nitrogens with one attached hydrogen (secondary N) is 2. The first-order valence-electron chi connectivity index (χ1n) is 8.63. The average molecular weight is 365 g/mol. The summed E-state index contributed by atoms with van der Waals surface area (Å²) in [5.41, 5.74) is 2.64. The van der Waals surface area contributed by atoms with Crippen molar-refractivity contribution < 1.29 is 13.9 Å². The van der Waals surface area contributed by atoms with Crippen LogP contribution < -0.4 is 10.1 Å². The van der Waals surface area contributed by atoms with Gasteiger partial charge in [-0.15, -0.1) is 0 Å². The van der Waals surface area contributed by atoms with E-state index in [1.807, 2.05) is 18.3 Å². The average Bonchev–Trinajstić information content (AvgIpc) is 3.28. The van der Waals surface area contributed by atoms with E-state index in [0.29, 0.717) is 22.5 Å². The van der Waals surface area contributed by atoms with Crippen molar-refractivity contribution in [3.8, 4) is 16.9 Å². The van der Waals surface area contributed by atoms with Crippen LogP contribution in [0.4, 0.5) is 10.2 Å². The molecule has 1 aliphatic rings. The number of imidazole rings is 1. The minimum Gasteiger partial charge on any atom is -0.493 e. The minimum absolute atomic E-state index is 0.00512. The van der Waals surface area contributed by atoms with E-state index in [1.54, 1.807) is 16.8 Å². The van der Waals surface area contributed by atoms with Crippen LogP contribution in [0.5, 0.6) is 5.75 Å². The van der Waals surface area contributed by atoms with Crippen molar-refractivity contribution >= 4 is 28.3 Å². The van der Waals surface area contributed by atoms with Crippen molar-refractivity contribution in [2.24, 2.45) is 5.92 Å². The number of halogens is 1. The van der Waals surface area contributed by atoms with Crippen LogP contribution in [0.3, 0.4) is 0 Å². The number of ether oxygens (including phenoxy) is 1. The molecule has 1 saturated carbocycles. The zero-order valence-corrected chi connectivity index (χ0v) is 14.5. The fraction of sp³-hybridized carbons (Fsp3) is 0.211. The number of amides is 1. The van der Waals surface area contributed by atoms with Gasteiger partial charge in [-0.2, -0.15) is 5.10 Å². The first-order chi connectivity index (χ1) is 13.1. The van der Waals surface area contributed by atoms with Crippen LogP contribution in [0, 0.1) is 11.7 Å². The number of H-pyrrole nitrogens is 1. The third-order valence-electron chi connectivity index (χ3n) is 4.80. The molecule has 136 valence electrons. The molecule has 1 amide bonds. The van der Waals surface area contributed by atoms with Crippen molar-refractivity contribution in [1.29, 1.82) is 0 Å². The topological polar surface area (TPSA) is 84.3 Å². The van der Waals surface area contributed by atoms with Crippen LogP contribution in [0.2, 0.25) is 0 Å². The van der Waals surface area contributed by atoms with Crippen LogP contribution in [0.1, 0.15) is 12.8 Å². The molecule has 0 radical (unpaired) electrons. The molecule has 1 fully saturated rings. The van der Waals surface area contributed by atoms with Gasteiger partial charge in [0.25, 0.3) is 0 Å². The van der Waals surface area contributed by atoms with E-state index in [2.05, 4.69) is 20.5 Å². The summed E-state index contributed by atoms with van der Waals surface area (Å²) in [6.07, 6.45) is 7.09. The maximum absolute atomic E-state index is 14.4. The maximum Gasteiger partial charge on any atom is 0.228 e. The summed E-state index contributed by atoms with van der Waals surface area (Å²) in [4.78, 5) is 16.4. The van der Waals surface area contributed by atoms with E-state index in [1.165, 1.54) is 13.2 Å². The van der Waals surface area contributed by atoms with Crippen LogP contribution in [0.15, 0.2) is 36.8 Å². The lowest BCUT2D eigenvalue weighted by molar-refractivity contribution is -0.117. The maximum atomic E-state index is 14.4. The van der Waals surface area contributed by atoms with Gasteiger partial charge in [0, 0.05) is 34.7 Å². The number of hydrogen-bond acceptors (Lipinski definition) is 4. The number of rotatable bonds is 4. The van der Waals surface area contributed by atoms with Crippen molar-refractivity contribution in [3.05, 3.63) is 42.6 Å². The standard InChI is InChI=1S/C19H16FN5O2/c1-27-18-13(20)6-14-12(7-21-24-14)17(18)11-4-5-16-22-15(9-25(16)8-11)23-19(26)10-2-3-10/h4-10H,2-3H2,1H3,(H,21,24)(H,23,26). The van der Waals surface area contributed by atoms with Gasteiger partial charge in [-0.1, -0.05) is 0 Å². The number of pyridine rings is 1. The molecule has 5 rings (SSSR count). The predicted octanol–water partition coefficient (Wildman–Crippen LogP) is 3.37. The molecule has 2 N–H and O–H groups in total. The molecule has 0 aliphatic heterocycles. The quantitative estimate of drug-likeness (QED) is 0.581. The van der Waals surface area contributed by atoms with Gasteiger partial charge in [0.05, 0.1) is 25.0 Å². The smallest absolute Gasteiger partial charge is 0.228 e. The highest BCUT2D eigenvalue weighted by Gasteiger charge is 2.30. The van der Waals surface area contributed by atoms with E-state index in [0.717, 1.165) is 23.8 Å². The van der Waals surface area contributed by atoms with Crippen molar-refractivity contribution in [2.45, 2.75) is 12.8 Å². The van der Waals surface area contributed by atoms with Crippen LogP contribution in [-0.4, -0.2) is 32.6 Å². The Kier molecular flexibility index (Phi) is 3.40. The third-order valence-corrected chi connectivity index (χ3v) is 4.80. The Morgan fingerprint density at radius 2 is 2.22 bits per heavy atom. The Bertz CT molecular complexity index is 1190. The van der Waals surface area contributed by atoms with Gasteiger partial charge in [0.1, 0.15) is 5.65 Å². The molecule has 4 aromatic rings. The largest absolute Gasteiger partial charge is 0.493 e. The minimum atomic E-state index is -0.465. The molecule has 3 heterocycles. The zero-order chi connectivity index (χ0) is 18.5. The summed E-state index contributed by atoms with van der Waals surface area (Å²) in [5.74, 6) is 0.309. The second kappa shape index (κ2) is 5.80. The van der Waals surface area contributed by atoms with E-state index in [-0.39, 0.29) is 17.6 Å². The molecule has 1 aromatic carbocycles. The lowest BCUT2D eigenvalue weighted by Gasteiger charge is -2.11. The number of anilines is 1. The molecule has 8 heteroatoms. The lowest BCUT2D eigenvalue weighted by Crippen LogP contribution is -2.13. The molecule has 3 aromatic heterocycles. The van der Waals surface area contributed by atoms with Gasteiger partial charge in [-0.25, -0.2) is 9.37 Å². The highest BCUT2D eigenvalue weighted by Crippen LogP contribution is 2.38. The second-order valence-electron chi connectivity index (χ2n) is 6.67. The number of aromatic nitrogens is 4. The number of carbonyl (C=O) groups excluding carboxylic acids is 1. The normalized spacial score (nSPS) is 14.0. The predicted molar refractivity (Wildman–Crippen MR) is 98.1 cm³/mol. The fourth-order valence-electron chi connectivity index (χ4n) is 3.30. The molecule has 1 aliphatic carbocycles. The Hall–Kier alpha value is -3.42. The fourth-order valence-corrected chi connectivity index (χ4v) is 3.30. The monoisotopic (exact) mass is 365 g/mol. The Morgan fingerprint density at radius 3 is 3.00 bits per heavy atom. The molecule has 27 heavy (non-hydrogen) atoms. The van der Waals surface area contributed by atoms with Crippen LogP contribution in [-0.2, 0) is 4.79 Å². The SMILES string of the molecule is COc1c(F)cc2[nH]ncc2c1-c1ccc2nc(NC(=O)C3CC3)cn2c1. The van der Waals surface area contributed by atoms with Crippen molar-refractivity contribution in [1.82, 2.24) is 19.6 Å². The van der Waals surface area contributed by atoms with E-state index in [4.69, 9.17) is 4.74 Å². The number of methoxy groups -OCH3 is 1. The molecule has 0 saturated heterocycles. The number of fused-ring (bicyclic) bond motifs is 2. The highest BCUT2D eigenvalue weighted by atomic mass is 19.1. The van der Waals surface area contributed by atoms with Gasteiger partial charge in [-0.05, 0) is 25.0 Å². The molecule has 0 atom stereocenters. The van der Waals surface area contributed by atoms with Crippen molar-refractivity contribution in [3.63, 3.8) is 0 Å². The third kappa shape index (κ3) is 2.61. The summed E-state index contributed by atoms with van der Waals surface area (Å²) < 4.78 is 21.6. The molecule has 7 nitrogen and oxygen atoms in total. The van der Waals surface area contributed by atoms with Crippen molar-refractivity contribution in [2.75, 3.05) is 12.4 Å². The number of hydrogen-bond donors (Lipinski definition) is 2. The molecule has 0 bridgehead atoms. The van der Waals surface area contributed by atoms with Gasteiger partial charge in [0.2, 0.25) is 5.91 Å². The molecule has 0 unspecified atom stereocenters. The van der Waals surface area contributed by atoms with E-state index in [9.17, 15) is 9.18 Å². The summed E-state index contributed by atoms with van der Waals surface area (Å²) in [6.45, 7) is 0. The van der Waals surface area contributed by atoms with Crippen LogP contribution in [0.25, 0.3) is 27.7 Å². The van der Waals surface area contributed by atoms with E-state index < -0.39 is 5.82 Å². The zero-order valence-electron chi connectivity index (χ0n) is 14.5. The molecular weight excluding hydrogens is 349 g/mol. The van der Waals surface area contributed by atoms with Gasteiger partial charge in [-0.3, -0.25) is 9.89 Å². The second-order valence-corrected chi connectivity index (χ2v) is 6.67. The summed E-state index contributed by atoms with van der Waals surface area (Å²) in [5, 5.41) is 10.4. The number of benzene rings is 1. The highest BCUT2D eigenvalue weighted by molar-refractivity contribution is 5.98. The number of carbonyl (C=O) groups is 1. The Balaban J connectivity index is 1.62. The first-order valence-corrected chi connectivity index (χ1v) is 8.63. The Labute approximate surface area is 153 Å². The Morgan fingerprint density at radius 1 is 1.37 bits per heavy atom. The number of aromatic amines is 1. The van der Waals surface area contributed by atoms with Gasteiger partial charge < -0.3 is 14.5 Å².